The number of fused-ring (bicyclic) bond motifs is 3. The highest BCUT2D eigenvalue weighted by Gasteiger charge is 2.40. The van der Waals surface area contributed by atoms with Crippen LogP contribution in [-0.2, 0) is 11.8 Å². The zero-order chi connectivity index (χ0) is 23.2. The molecule has 2 nitrogen and oxygen atoms in total. The van der Waals surface area contributed by atoms with Crippen molar-refractivity contribution >= 4 is 21.8 Å². The number of benzene rings is 4. The first-order chi connectivity index (χ1) is 16.5. The largest absolute Gasteiger partial charge is 0.354 e. The highest BCUT2D eigenvalue weighted by molar-refractivity contribution is 6.11. The molecule has 0 saturated heterocycles. The molecule has 2 heteroatoms. The zero-order valence-electron chi connectivity index (χ0n) is 19.7. The Balaban J connectivity index is 1.69. The molecule has 1 aromatic heterocycles. The number of hydrogen-bond donors (Lipinski definition) is 1. The number of H-pyrrole nitrogens is 1. The Morgan fingerprint density at radius 3 is 2.32 bits per heavy atom. The van der Waals surface area contributed by atoms with Gasteiger partial charge in [0.1, 0.15) is 0 Å². The van der Waals surface area contributed by atoms with Gasteiger partial charge < -0.3 is 4.98 Å². The molecule has 0 aliphatic heterocycles. The average Bonchev–Trinajstić information content (AvgIpc) is 3.05. The second-order valence-electron chi connectivity index (χ2n) is 10.9. The Kier molecular flexibility index (Phi) is 3.82. The first-order valence-corrected chi connectivity index (χ1v) is 12.1. The van der Waals surface area contributed by atoms with Crippen LogP contribution in [0, 0.1) is 11.3 Å². The zero-order valence-corrected chi connectivity index (χ0v) is 19.7. The van der Waals surface area contributed by atoms with Crippen LogP contribution < -0.4 is 0 Å². The van der Waals surface area contributed by atoms with Crippen LogP contribution in [0.25, 0.3) is 21.8 Å². The molecule has 0 fully saturated rings. The lowest BCUT2D eigenvalue weighted by Crippen LogP contribution is -2.18. The van der Waals surface area contributed by atoms with Crippen molar-refractivity contribution in [1.29, 1.82) is 5.26 Å². The molecule has 2 atom stereocenters. The fraction of sp³-hybridized carbons (Fsp3) is 0.219. The molecule has 0 spiro atoms. The van der Waals surface area contributed by atoms with Gasteiger partial charge in [0.25, 0.3) is 0 Å². The third-order valence-electron chi connectivity index (χ3n) is 8.06. The molecule has 1 N–H and O–H groups in total. The summed E-state index contributed by atoms with van der Waals surface area (Å²) in [6, 6.07) is 29.3. The Morgan fingerprint density at radius 1 is 0.824 bits per heavy atom. The molecule has 4 aromatic carbocycles. The maximum Gasteiger partial charge on any atom is 0.0995 e. The number of aromatic nitrogens is 1. The smallest absolute Gasteiger partial charge is 0.0995 e. The van der Waals surface area contributed by atoms with Gasteiger partial charge in [0.2, 0.25) is 0 Å². The molecule has 3 aliphatic rings. The molecule has 0 amide bonds. The summed E-state index contributed by atoms with van der Waals surface area (Å²) in [4.78, 5) is 3.66. The lowest BCUT2D eigenvalue weighted by molar-refractivity contribution is 0.591. The predicted molar refractivity (Wildman–Crippen MR) is 139 cm³/mol. The molecule has 0 radical (unpaired) electrons. The Hall–Kier alpha value is -3.83. The van der Waals surface area contributed by atoms with E-state index in [2.05, 4.69) is 105 Å². The van der Waals surface area contributed by atoms with Gasteiger partial charge in [0, 0.05) is 33.6 Å². The van der Waals surface area contributed by atoms with Gasteiger partial charge in [-0.05, 0) is 69.0 Å². The fourth-order valence-corrected chi connectivity index (χ4v) is 6.51. The van der Waals surface area contributed by atoms with Crippen molar-refractivity contribution in [2.75, 3.05) is 0 Å². The summed E-state index contributed by atoms with van der Waals surface area (Å²) >= 11 is 0. The van der Waals surface area contributed by atoms with Crippen molar-refractivity contribution in [3.8, 4) is 6.07 Å². The first-order valence-electron chi connectivity index (χ1n) is 12.1. The van der Waals surface area contributed by atoms with Gasteiger partial charge in [-0.1, -0.05) is 75.4 Å². The van der Waals surface area contributed by atoms with E-state index in [0.29, 0.717) is 0 Å². The standard InChI is InChI=1S/C32H26N2/c1-32(2,3)20-12-13-26-25(16-20)30-27(34-26)15-19(17-33)28-24-14-18-8-4-5-9-21(18)29(31(28)30)23-11-7-6-10-22(23)24/h4-13,15-16,24,29,34H,14H2,1-3H3. The minimum Gasteiger partial charge on any atom is -0.354 e. The van der Waals surface area contributed by atoms with Gasteiger partial charge in [-0.2, -0.15) is 5.26 Å². The van der Waals surface area contributed by atoms with Crippen molar-refractivity contribution < 1.29 is 0 Å². The van der Waals surface area contributed by atoms with E-state index < -0.39 is 0 Å². The van der Waals surface area contributed by atoms with Gasteiger partial charge in [-0.15, -0.1) is 0 Å². The van der Waals surface area contributed by atoms with Crippen molar-refractivity contribution in [2.45, 2.75) is 44.4 Å². The number of nitriles is 1. The average molecular weight is 439 g/mol. The number of nitrogens with one attached hydrogen (secondary N) is 1. The Labute approximate surface area is 199 Å². The van der Waals surface area contributed by atoms with E-state index in [9.17, 15) is 5.26 Å². The van der Waals surface area contributed by atoms with Gasteiger partial charge in [-0.25, -0.2) is 0 Å². The maximum atomic E-state index is 10.3. The van der Waals surface area contributed by atoms with Crippen LogP contribution in [0.1, 0.15) is 77.1 Å². The Bertz CT molecular complexity index is 1680. The van der Waals surface area contributed by atoms with E-state index in [1.807, 2.05) is 0 Å². The number of hydrogen-bond acceptors (Lipinski definition) is 1. The molecule has 1 heterocycles. The van der Waals surface area contributed by atoms with Gasteiger partial charge >= 0.3 is 0 Å². The van der Waals surface area contributed by atoms with Crippen molar-refractivity contribution in [2.24, 2.45) is 0 Å². The van der Waals surface area contributed by atoms with E-state index in [-0.39, 0.29) is 17.3 Å². The second-order valence-corrected chi connectivity index (χ2v) is 10.9. The van der Waals surface area contributed by atoms with Crippen LogP contribution in [0.2, 0.25) is 0 Å². The summed E-state index contributed by atoms with van der Waals surface area (Å²) in [7, 11) is 0. The van der Waals surface area contributed by atoms with E-state index in [1.54, 1.807) is 0 Å². The monoisotopic (exact) mass is 438 g/mol. The van der Waals surface area contributed by atoms with Crippen LogP contribution in [-0.4, -0.2) is 4.98 Å². The SMILES string of the molecule is CC(C)(C)c1ccc2[nH]c3cc(C#N)c4c(c3c2c1)C1c2ccccc2CC4c2ccccc21. The molecule has 0 saturated carbocycles. The quantitative estimate of drug-likeness (QED) is 0.265. The number of rotatable bonds is 0. The lowest BCUT2D eigenvalue weighted by Gasteiger charge is -2.32. The van der Waals surface area contributed by atoms with Crippen LogP contribution in [0.4, 0.5) is 0 Å². The van der Waals surface area contributed by atoms with Crippen LogP contribution in [0.3, 0.4) is 0 Å². The molecular formula is C32H26N2. The van der Waals surface area contributed by atoms with Crippen LogP contribution in [0.5, 0.6) is 0 Å². The molecular weight excluding hydrogens is 412 g/mol. The highest BCUT2D eigenvalue weighted by atomic mass is 14.7. The summed E-state index contributed by atoms with van der Waals surface area (Å²) in [5.41, 5.74) is 12.5. The normalized spacial score (nSPS) is 18.3. The van der Waals surface area contributed by atoms with Crippen molar-refractivity contribution in [3.05, 3.63) is 117 Å². The third kappa shape index (κ3) is 2.50. The van der Waals surface area contributed by atoms with Crippen molar-refractivity contribution in [1.82, 2.24) is 4.98 Å². The summed E-state index contributed by atoms with van der Waals surface area (Å²) < 4.78 is 0. The summed E-state index contributed by atoms with van der Waals surface area (Å²) in [6.07, 6.45) is 0.937. The topological polar surface area (TPSA) is 39.6 Å². The van der Waals surface area contributed by atoms with E-state index in [4.69, 9.17) is 0 Å². The lowest BCUT2D eigenvalue weighted by atomic mass is 9.70. The molecule has 2 unspecified atom stereocenters. The molecule has 164 valence electrons. The fourth-order valence-electron chi connectivity index (χ4n) is 6.51. The molecule has 34 heavy (non-hydrogen) atoms. The van der Waals surface area contributed by atoms with Crippen LogP contribution in [0.15, 0.2) is 72.8 Å². The van der Waals surface area contributed by atoms with Gasteiger partial charge in [0.15, 0.2) is 0 Å². The molecule has 3 aliphatic carbocycles. The van der Waals surface area contributed by atoms with E-state index >= 15 is 0 Å². The first kappa shape index (κ1) is 19.6. The maximum absolute atomic E-state index is 10.3. The number of aromatic amines is 1. The van der Waals surface area contributed by atoms with Crippen LogP contribution >= 0.6 is 0 Å². The molecule has 8 rings (SSSR count). The van der Waals surface area contributed by atoms with E-state index in [1.165, 1.54) is 49.7 Å². The second kappa shape index (κ2) is 6.61. The summed E-state index contributed by atoms with van der Waals surface area (Å²) in [5, 5.41) is 12.9. The third-order valence-corrected chi connectivity index (χ3v) is 8.06. The molecule has 5 aromatic rings. The summed E-state index contributed by atoms with van der Waals surface area (Å²) in [5.74, 6) is 0.329. The van der Waals surface area contributed by atoms with E-state index in [0.717, 1.165) is 23.0 Å². The minimum atomic E-state index is 0.0690. The molecule has 2 bridgehead atoms. The summed E-state index contributed by atoms with van der Waals surface area (Å²) in [6.45, 7) is 6.81. The van der Waals surface area contributed by atoms with Gasteiger partial charge in [-0.3, -0.25) is 0 Å². The minimum absolute atomic E-state index is 0.0690. The number of nitrogens with zero attached hydrogens (tertiary/aromatic N) is 1. The Morgan fingerprint density at radius 2 is 1.56 bits per heavy atom. The predicted octanol–water partition coefficient (Wildman–Crippen LogP) is 7.67. The van der Waals surface area contributed by atoms with Crippen molar-refractivity contribution in [3.63, 3.8) is 0 Å². The van der Waals surface area contributed by atoms with Gasteiger partial charge in [0.05, 0.1) is 11.6 Å². The highest BCUT2D eigenvalue weighted by Crippen LogP contribution is 2.55.